The Labute approximate surface area is 285 Å². The van der Waals surface area contributed by atoms with Crippen LogP contribution in [0.1, 0.15) is 51.9 Å². The van der Waals surface area contributed by atoms with E-state index in [9.17, 15) is 24.0 Å². The second kappa shape index (κ2) is 16.7. The number of nitriles is 1. The second-order valence-corrected chi connectivity index (χ2v) is 13.0. The number of hydrogen-bond acceptors (Lipinski definition) is 10. The molecule has 2 aromatic heterocycles. The first-order valence-corrected chi connectivity index (χ1v) is 16.4. The number of aryl methyl sites for hydroxylation is 1. The summed E-state index contributed by atoms with van der Waals surface area (Å²) in [4.78, 5) is 47.1. The Hall–Kier alpha value is -4.58. The number of hydrogen-bond donors (Lipinski definition) is 2. The molecule has 13 nitrogen and oxygen atoms in total. The lowest BCUT2D eigenvalue weighted by Crippen LogP contribution is -2.59. The molecule has 1 unspecified atom stereocenters. The number of nitrogens with zero attached hydrogens (tertiary/aromatic N) is 5. The summed E-state index contributed by atoms with van der Waals surface area (Å²) in [6.45, 7) is 12.1. The Morgan fingerprint density at radius 1 is 1.00 bits per heavy atom. The zero-order valence-electron chi connectivity index (χ0n) is 29.0. The van der Waals surface area contributed by atoms with Crippen molar-refractivity contribution in [3.8, 4) is 6.07 Å². The van der Waals surface area contributed by atoms with Gasteiger partial charge in [0.2, 0.25) is 5.91 Å². The van der Waals surface area contributed by atoms with Gasteiger partial charge in [-0.3, -0.25) is 14.5 Å². The van der Waals surface area contributed by atoms with Crippen LogP contribution in [0.2, 0.25) is 0 Å². The van der Waals surface area contributed by atoms with Crippen LogP contribution in [0.15, 0.2) is 47.3 Å². The first-order chi connectivity index (χ1) is 23.3. The number of carbonyl (C=O) groups is 2. The minimum absolute atomic E-state index is 0.141. The molecule has 4 rings (SSSR count). The predicted molar refractivity (Wildman–Crippen MR) is 183 cm³/mol. The van der Waals surface area contributed by atoms with Gasteiger partial charge in [-0.05, 0) is 64.4 Å². The highest BCUT2D eigenvalue weighted by Crippen LogP contribution is 2.33. The fourth-order valence-corrected chi connectivity index (χ4v) is 5.78. The van der Waals surface area contributed by atoms with Crippen molar-refractivity contribution in [3.05, 3.63) is 69.9 Å². The van der Waals surface area contributed by atoms with Crippen LogP contribution in [0.25, 0.3) is 11.0 Å². The van der Waals surface area contributed by atoms with Gasteiger partial charge in [0.25, 0.3) is 5.56 Å². The number of carbonyl (C=O) groups excluding carboxylic acids is 2. The average Bonchev–Trinajstić information content (AvgIpc) is 3.05. The molecule has 0 radical (unpaired) electrons. The molecule has 264 valence electrons. The third kappa shape index (κ3) is 9.97. The summed E-state index contributed by atoms with van der Waals surface area (Å²) in [5, 5.41) is 15.1. The molecular formula is C35H46FN7O6. The average molecular weight is 680 g/mol. The van der Waals surface area contributed by atoms with Crippen molar-refractivity contribution in [3.63, 3.8) is 0 Å². The summed E-state index contributed by atoms with van der Waals surface area (Å²) in [5.41, 5.74) is 1.97. The van der Waals surface area contributed by atoms with Gasteiger partial charge in [-0.15, -0.1) is 0 Å². The number of ether oxygens (including phenoxy) is 3. The lowest BCUT2D eigenvalue weighted by molar-refractivity contribution is -0.128. The van der Waals surface area contributed by atoms with Crippen molar-refractivity contribution < 1.29 is 28.2 Å². The molecule has 14 heteroatoms. The summed E-state index contributed by atoms with van der Waals surface area (Å²) in [6, 6.07) is 11.9. The Bertz CT molecular complexity index is 1700. The van der Waals surface area contributed by atoms with E-state index in [1.807, 2.05) is 13.8 Å². The maximum atomic E-state index is 13.9. The SMILES string of the molecule is C[C@@H]1CN(c2cc(=O)n(C)c3ccc(C#N)nc23)[C@@H](C)CN1C(C(=O)NCCOCCOCCNC(=O)OC(C)(C)C)c1ccc(F)cc1. The first kappa shape index (κ1) is 37.2. The third-order valence-corrected chi connectivity index (χ3v) is 8.12. The van der Waals surface area contributed by atoms with Crippen LogP contribution in [0, 0.1) is 17.1 Å². The van der Waals surface area contributed by atoms with Gasteiger partial charge < -0.3 is 34.3 Å². The molecule has 3 heterocycles. The minimum atomic E-state index is -0.704. The Balaban J connectivity index is 1.36. The number of halogens is 1. The van der Waals surface area contributed by atoms with E-state index in [-0.39, 0.29) is 42.4 Å². The molecule has 3 aromatic rings. The standard InChI is InChI=1S/C35H46FN7O6/c1-23-22-43(24(2)21-42(23)29-19-30(44)41(6)28-12-11-27(20-37)40-31(28)29)32(25-7-9-26(36)10-8-25)33(45)38-13-15-47-17-18-48-16-14-39-34(46)49-35(3,4)5/h7-12,19,23-24,32H,13-18,21-22H2,1-6H3,(H,38,45)(H,39,46)/t23-,24+,32?/m0/s1. The van der Waals surface area contributed by atoms with Crippen LogP contribution in [-0.4, -0.2) is 96.7 Å². The lowest BCUT2D eigenvalue weighted by atomic mass is 9.98. The third-order valence-electron chi connectivity index (χ3n) is 8.12. The molecule has 0 spiro atoms. The number of nitrogens with one attached hydrogen (secondary N) is 2. The van der Waals surface area contributed by atoms with E-state index in [1.165, 1.54) is 16.7 Å². The Kier molecular flexibility index (Phi) is 12.7. The first-order valence-electron chi connectivity index (χ1n) is 16.4. The van der Waals surface area contributed by atoms with Crippen LogP contribution >= 0.6 is 0 Å². The van der Waals surface area contributed by atoms with Crippen LogP contribution in [0.5, 0.6) is 0 Å². The largest absolute Gasteiger partial charge is 0.444 e. The molecule has 1 aliphatic rings. The van der Waals surface area contributed by atoms with Crippen molar-refractivity contribution >= 4 is 28.7 Å². The van der Waals surface area contributed by atoms with Crippen LogP contribution in [0.4, 0.5) is 14.9 Å². The quantitative estimate of drug-likeness (QED) is 0.258. The van der Waals surface area contributed by atoms with E-state index in [0.29, 0.717) is 61.7 Å². The van der Waals surface area contributed by atoms with E-state index in [4.69, 9.17) is 14.2 Å². The van der Waals surface area contributed by atoms with Gasteiger partial charge in [0.1, 0.15) is 34.7 Å². The molecule has 1 aliphatic heterocycles. The molecule has 2 amide bonds. The molecule has 0 saturated carbocycles. The highest BCUT2D eigenvalue weighted by atomic mass is 19.1. The highest BCUT2D eigenvalue weighted by Gasteiger charge is 2.38. The minimum Gasteiger partial charge on any atom is -0.444 e. The van der Waals surface area contributed by atoms with Crippen LogP contribution in [0.3, 0.4) is 0 Å². The van der Waals surface area contributed by atoms with E-state index >= 15 is 0 Å². The van der Waals surface area contributed by atoms with Gasteiger partial charge >= 0.3 is 6.09 Å². The number of pyridine rings is 2. The van der Waals surface area contributed by atoms with Gasteiger partial charge in [0.05, 0.1) is 37.6 Å². The molecular weight excluding hydrogens is 633 g/mol. The van der Waals surface area contributed by atoms with Gasteiger partial charge in [0, 0.05) is 51.4 Å². The highest BCUT2D eigenvalue weighted by molar-refractivity contribution is 5.89. The van der Waals surface area contributed by atoms with E-state index in [2.05, 4.69) is 31.5 Å². The molecule has 49 heavy (non-hydrogen) atoms. The molecule has 0 bridgehead atoms. The number of aromatic nitrogens is 2. The van der Waals surface area contributed by atoms with E-state index < -0.39 is 23.6 Å². The number of fused-ring (bicyclic) bond motifs is 1. The van der Waals surface area contributed by atoms with Crippen molar-refractivity contribution in [1.82, 2.24) is 25.1 Å². The summed E-state index contributed by atoms with van der Waals surface area (Å²) in [6.07, 6.45) is -0.503. The van der Waals surface area contributed by atoms with Crippen molar-refractivity contribution in [2.24, 2.45) is 7.05 Å². The van der Waals surface area contributed by atoms with Gasteiger partial charge in [-0.1, -0.05) is 12.1 Å². The van der Waals surface area contributed by atoms with Crippen molar-refractivity contribution in [2.45, 2.75) is 58.3 Å². The van der Waals surface area contributed by atoms with Crippen LogP contribution in [-0.2, 0) is 26.1 Å². The monoisotopic (exact) mass is 679 g/mol. The Morgan fingerprint density at radius 3 is 2.29 bits per heavy atom. The zero-order chi connectivity index (χ0) is 35.7. The lowest BCUT2D eigenvalue weighted by Gasteiger charge is -2.48. The molecule has 3 atom stereocenters. The summed E-state index contributed by atoms with van der Waals surface area (Å²) >= 11 is 0. The topological polar surface area (TPSA) is 151 Å². The number of alkyl carbamates (subject to hydrolysis) is 1. The summed E-state index contributed by atoms with van der Waals surface area (Å²) in [5.74, 6) is -0.640. The fraction of sp³-hybridized carbons (Fsp3) is 0.514. The number of amides is 2. The molecule has 2 N–H and O–H groups in total. The smallest absolute Gasteiger partial charge is 0.407 e. The van der Waals surface area contributed by atoms with Crippen molar-refractivity contribution in [1.29, 1.82) is 5.26 Å². The van der Waals surface area contributed by atoms with Gasteiger partial charge in [0.15, 0.2) is 0 Å². The normalized spacial score (nSPS) is 17.4. The van der Waals surface area contributed by atoms with E-state index in [1.54, 1.807) is 58.2 Å². The molecule has 1 aromatic carbocycles. The molecule has 1 fully saturated rings. The Morgan fingerprint density at radius 2 is 1.65 bits per heavy atom. The second-order valence-electron chi connectivity index (χ2n) is 13.0. The van der Waals surface area contributed by atoms with Gasteiger partial charge in [-0.2, -0.15) is 5.26 Å². The maximum Gasteiger partial charge on any atom is 0.407 e. The van der Waals surface area contributed by atoms with Crippen molar-refractivity contribution in [2.75, 3.05) is 57.5 Å². The number of anilines is 1. The fourth-order valence-electron chi connectivity index (χ4n) is 5.78. The zero-order valence-corrected chi connectivity index (χ0v) is 29.0. The number of rotatable bonds is 13. The summed E-state index contributed by atoms with van der Waals surface area (Å²) in [7, 11) is 1.67. The number of piperazine rings is 1. The molecule has 1 saturated heterocycles. The summed E-state index contributed by atoms with van der Waals surface area (Å²) < 4.78 is 31.7. The van der Waals surface area contributed by atoms with Gasteiger partial charge in [-0.25, -0.2) is 14.2 Å². The predicted octanol–water partition coefficient (Wildman–Crippen LogP) is 3.26. The van der Waals surface area contributed by atoms with Crippen LogP contribution < -0.4 is 21.1 Å². The molecule has 0 aliphatic carbocycles. The number of benzene rings is 1. The van der Waals surface area contributed by atoms with E-state index in [0.717, 1.165) is 0 Å². The maximum absolute atomic E-state index is 13.9.